The molecule has 0 heterocycles. The first kappa shape index (κ1) is 16.4. The van der Waals surface area contributed by atoms with E-state index < -0.39 is 0 Å². The summed E-state index contributed by atoms with van der Waals surface area (Å²) in [6, 6.07) is 0. The van der Waals surface area contributed by atoms with E-state index in [-0.39, 0.29) is 0 Å². The first-order chi connectivity index (χ1) is 8.71. The molecule has 0 bridgehead atoms. The van der Waals surface area contributed by atoms with Crippen LogP contribution in [-0.2, 0) is 14.2 Å². The minimum atomic E-state index is 0.358. The predicted molar refractivity (Wildman–Crippen MR) is 77.4 cm³/mol. The number of ether oxygens (including phenoxy) is 3. The molecule has 2 atom stereocenters. The first-order valence-corrected chi connectivity index (χ1v) is 7.95. The van der Waals surface area contributed by atoms with Crippen molar-refractivity contribution in [2.75, 3.05) is 33.5 Å². The van der Waals surface area contributed by atoms with Gasteiger partial charge in [0.1, 0.15) is 0 Å². The van der Waals surface area contributed by atoms with Crippen molar-refractivity contribution < 1.29 is 14.2 Å². The van der Waals surface area contributed by atoms with E-state index in [4.69, 9.17) is 14.2 Å². The van der Waals surface area contributed by atoms with Crippen molar-refractivity contribution in [1.82, 2.24) is 0 Å². The summed E-state index contributed by atoms with van der Waals surface area (Å²) in [7, 11) is 1.69. The fourth-order valence-electron chi connectivity index (χ4n) is 2.71. The lowest BCUT2D eigenvalue weighted by Gasteiger charge is -2.53. The Labute approximate surface area is 120 Å². The monoisotopic (exact) mass is 322 g/mol. The third kappa shape index (κ3) is 3.92. The van der Waals surface area contributed by atoms with E-state index >= 15 is 0 Å². The van der Waals surface area contributed by atoms with Gasteiger partial charge in [-0.2, -0.15) is 0 Å². The summed E-state index contributed by atoms with van der Waals surface area (Å²) in [5.41, 5.74) is 0.358. The van der Waals surface area contributed by atoms with E-state index in [1.54, 1.807) is 7.11 Å². The second-order valence-electron chi connectivity index (χ2n) is 4.96. The quantitative estimate of drug-likeness (QED) is 0.455. The van der Waals surface area contributed by atoms with Gasteiger partial charge in [0.2, 0.25) is 0 Å². The SMILES string of the molecule is CCC1(CC)C(Br)CC1OCCCOCCOC. The maximum Gasteiger partial charge on any atom is 0.0700 e. The van der Waals surface area contributed by atoms with E-state index in [9.17, 15) is 0 Å². The highest BCUT2D eigenvalue weighted by Gasteiger charge is 2.51. The second-order valence-corrected chi connectivity index (χ2v) is 6.07. The first-order valence-electron chi connectivity index (χ1n) is 7.03. The number of methoxy groups -OCH3 is 1. The highest BCUT2D eigenvalue weighted by molar-refractivity contribution is 9.09. The van der Waals surface area contributed by atoms with Gasteiger partial charge in [0.25, 0.3) is 0 Å². The Balaban J connectivity index is 2.09. The minimum absolute atomic E-state index is 0.358. The van der Waals surface area contributed by atoms with Gasteiger partial charge in [0.15, 0.2) is 0 Å². The maximum absolute atomic E-state index is 6.01. The third-order valence-corrected chi connectivity index (χ3v) is 5.47. The third-order valence-electron chi connectivity index (χ3n) is 4.19. The van der Waals surface area contributed by atoms with Crippen LogP contribution in [0.3, 0.4) is 0 Å². The highest BCUT2D eigenvalue weighted by atomic mass is 79.9. The molecular weight excluding hydrogens is 296 g/mol. The van der Waals surface area contributed by atoms with E-state index in [2.05, 4.69) is 29.8 Å². The van der Waals surface area contributed by atoms with Crippen molar-refractivity contribution >= 4 is 15.9 Å². The van der Waals surface area contributed by atoms with Crippen LogP contribution < -0.4 is 0 Å². The van der Waals surface area contributed by atoms with Gasteiger partial charge in [-0.25, -0.2) is 0 Å². The molecule has 3 nitrogen and oxygen atoms in total. The Morgan fingerprint density at radius 1 is 1.11 bits per heavy atom. The van der Waals surface area contributed by atoms with Gasteiger partial charge in [-0.1, -0.05) is 29.8 Å². The van der Waals surface area contributed by atoms with Gasteiger partial charge in [0.05, 0.1) is 19.3 Å². The molecule has 0 N–H and O–H groups in total. The molecule has 2 unspecified atom stereocenters. The summed E-state index contributed by atoms with van der Waals surface area (Å²) in [6.07, 6.45) is 4.92. The van der Waals surface area contributed by atoms with E-state index in [0.29, 0.717) is 29.6 Å². The van der Waals surface area contributed by atoms with Crippen molar-refractivity contribution in [3.05, 3.63) is 0 Å². The summed E-state index contributed by atoms with van der Waals surface area (Å²) in [6.45, 7) is 7.45. The van der Waals surface area contributed by atoms with Gasteiger partial charge >= 0.3 is 0 Å². The summed E-state index contributed by atoms with van der Waals surface area (Å²) in [5, 5.41) is 0. The normalized spacial score (nSPS) is 26.0. The molecule has 0 amide bonds. The Morgan fingerprint density at radius 3 is 2.39 bits per heavy atom. The Kier molecular flexibility index (Phi) is 7.76. The molecule has 0 aromatic carbocycles. The lowest BCUT2D eigenvalue weighted by atomic mass is 9.62. The molecule has 1 aliphatic rings. The number of alkyl halides is 1. The van der Waals surface area contributed by atoms with Crippen LogP contribution in [0.4, 0.5) is 0 Å². The highest BCUT2D eigenvalue weighted by Crippen LogP contribution is 2.52. The molecule has 1 rings (SSSR count). The van der Waals surface area contributed by atoms with Gasteiger partial charge in [-0.05, 0) is 25.7 Å². The number of halogens is 1. The topological polar surface area (TPSA) is 27.7 Å². The van der Waals surface area contributed by atoms with Gasteiger partial charge in [-0.15, -0.1) is 0 Å². The number of hydrogen-bond acceptors (Lipinski definition) is 3. The van der Waals surface area contributed by atoms with Crippen LogP contribution in [-0.4, -0.2) is 44.5 Å². The molecule has 0 aromatic heterocycles. The number of hydrogen-bond donors (Lipinski definition) is 0. The molecule has 18 heavy (non-hydrogen) atoms. The fourth-order valence-corrected chi connectivity index (χ4v) is 3.99. The van der Waals surface area contributed by atoms with Crippen LogP contribution >= 0.6 is 15.9 Å². The molecule has 0 aliphatic heterocycles. The average molecular weight is 323 g/mol. The van der Waals surface area contributed by atoms with E-state index in [1.165, 1.54) is 12.8 Å². The number of rotatable bonds is 10. The summed E-state index contributed by atoms with van der Waals surface area (Å²) >= 11 is 3.78. The molecule has 0 saturated heterocycles. The molecule has 0 aromatic rings. The van der Waals surface area contributed by atoms with E-state index in [1.807, 2.05) is 0 Å². The maximum atomic E-state index is 6.01. The van der Waals surface area contributed by atoms with Gasteiger partial charge < -0.3 is 14.2 Å². The molecule has 4 heteroatoms. The Bertz CT molecular complexity index is 219. The van der Waals surface area contributed by atoms with Crippen LogP contribution in [0, 0.1) is 5.41 Å². The minimum Gasteiger partial charge on any atom is -0.382 e. The molecule has 1 aliphatic carbocycles. The zero-order chi connectivity index (χ0) is 13.4. The van der Waals surface area contributed by atoms with Crippen LogP contribution in [0.15, 0.2) is 0 Å². The second kappa shape index (κ2) is 8.51. The lowest BCUT2D eigenvalue weighted by molar-refractivity contribution is -0.111. The fraction of sp³-hybridized carbons (Fsp3) is 1.00. The molecule has 0 radical (unpaired) electrons. The van der Waals surface area contributed by atoms with Crippen LogP contribution in [0.25, 0.3) is 0 Å². The largest absolute Gasteiger partial charge is 0.382 e. The van der Waals surface area contributed by atoms with Gasteiger partial charge in [-0.3, -0.25) is 0 Å². The van der Waals surface area contributed by atoms with Crippen molar-refractivity contribution in [2.45, 2.75) is 50.5 Å². The lowest BCUT2D eigenvalue weighted by Crippen LogP contribution is -2.55. The van der Waals surface area contributed by atoms with Gasteiger partial charge in [0, 0.05) is 30.6 Å². The molecule has 1 saturated carbocycles. The van der Waals surface area contributed by atoms with E-state index in [0.717, 1.165) is 26.1 Å². The van der Waals surface area contributed by atoms with Crippen LogP contribution in [0.1, 0.15) is 39.5 Å². The van der Waals surface area contributed by atoms with Crippen molar-refractivity contribution in [1.29, 1.82) is 0 Å². The molecular formula is C14H27BrO3. The van der Waals surface area contributed by atoms with Crippen molar-refractivity contribution in [3.63, 3.8) is 0 Å². The smallest absolute Gasteiger partial charge is 0.0700 e. The standard InChI is InChI=1S/C14H27BrO3/c1-4-14(5-2)12(15)11-13(14)18-8-6-7-17-10-9-16-3/h12-13H,4-11H2,1-3H3. The Morgan fingerprint density at radius 2 is 1.83 bits per heavy atom. The molecule has 108 valence electrons. The summed E-state index contributed by atoms with van der Waals surface area (Å²) in [5.74, 6) is 0. The molecule has 0 spiro atoms. The average Bonchev–Trinajstić information content (AvgIpc) is 2.38. The summed E-state index contributed by atoms with van der Waals surface area (Å²) in [4.78, 5) is 0.628. The summed E-state index contributed by atoms with van der Waals surface area (Å²) < 4.78 is 16.4. The zero-order valence-electron chi connectivity index (χ0n) is 11.9. The van der Waals surface area contributed by atoms with Crippen LogP contribution in [0.2, 0.25) is 0 Å². The van der Waals surface area contributed by atoms with Crippen molar-refractivity contribution in [2.24, 2.45) is 5.41 Å². The van der Waals surface area contributed by atoms with Crippen LogP contribution in [0.5, 0.6) is 0 Å². The predicted octanol–water partition coefficient (Wildman–Crippen LogP) is 3.40. The van der Waals surface area contributed by atoms with Crippen molar-refractivity contribution in [3.8, 4) is 0 Å². The molecule has 1 fully saturated rings. The Hall–Kier alpha value is 0.360. The zero-order valence-corrected chi connectivity index (χ0v) is 13.5.